The van der Waals surface area contributed by atoms with E-state index in [9.17, 15) is 0 Å². The summed E-state index contributed by atoms with van der Waals surface area (Å²) in [4.78, 5) is 4.18. The van der Waals surface area contributed by atoms with Crippen LogP contribution in [-0.4, -0.2) is 26.1 Å². The smallest absolute Gasteiger partial charge is 0.190 e. The molecule has 0 spiro atoms. The number of nitrogens with one attached hydrogen (secondary N) is 2. The summed E-state index contributed by atoms with van der Waals surface area (Å²) in [7, 11) is 1.82. The van der Waals surface area contributed by atoms with Crippen molar-refractivity contribution in [1.82, 2.24) is 10.6 Å². The molecular formula is C13H26IN3. The van der Waals surface area contributed by atoms with Gasteiger partial charge in [-0.1, -0.05) is 18.6 Å². The highest BCUT2D eigenvalue weighted by molar-refractivity contribution is 14.0. The summed E-state index contributed by atoms with van der Waals surface area (Å²) >= 11 is 0. The Morgan fingerprint density at radius 2 is 2.06 bits per heavy atom. The Morgan fingerprint density at radius 1 is 1.29 bits per heavy atom. The van der Waals surface area contributed by atoms with Gasteiger partial charge in [0.15, 0.2) is 5.96 Å². The molecule has 0 aromatic heterocycles. The molecule has 0 saturated heterocycles. The van der Waals surface area contributed by atoms with E-state index in [1.54, 1.807) is 5.57 Å². The van der Waals surface area contributed by atoms with Crippen molar-refractivity contribution in [3.05, 3.63) is 11.6 Å². The number of hydrogen-bond acceptors (Lipinski definition) is 1. The van der Waals surface area contributed by atoms with Crippen molar-refractivity contribution in [2.75, 3.05) is 20.1 Å². The van der Waals surface area contributed by atoms with Gasteiger partial charge in [0.1, 0.15) is 0 Å². The molecule has 0 saturated carbocycles. The zero-order valence-electron chi connectivity index (χ0n) is 11.1. The first-order valence-electron chi connectivity index (χ1n) is 6.49. The summed E-state index contributed by atoms with van der Waals surface area (Å²) in [5.74, 6) is 0.929. The van der Waals surface area contributed by atoms with Crippen molar-refractivity contribution in [2.24, 2.45) is 4.99 Å². The van der Waals surface area contributed by atoms with Gasteiger partial charge in [-0.25, -0.2) is 0 Å². The largest absolute Gasteiger partial charge is 0.356 e. The lowest BCUT2D eigenvalue weighted by Crippen LogP contribution is -2.38. The molecule has 0 aromatic carbocycles. The Labute approximate surface area is 123 Å². The van der Waals surface area contributed by atoms with E-state index in [1.165, 1.54) is 25.7 Å². The van der Waals surface area contributed by atoms with Crippen molar-refractivity contribution in [3.63, 3.8) is 0 Å². The standard InChI is InChI=1S/C13H25N3.HI/c1-3-10-15-13(14-2)16-11-9-12-7-5-4-6-8-12;/h7H,3-6,8-11H2,1-2H3,(H2,14,15,16);1H. The van der Waals surface area contributed by atoms with E-state index in [2.05, 4.69) is 28.6 Å². The van der Waals surface area contributed by atoms with Gasteiger partial charge in [0.2, 0.25) is 0 Å². The zero-order valence-corrected chi connectivity index (χ0v) is 13.4. The summed E-state index contributed by atoms with van der Waals surface area (Å²) < 4.78 is 0. The number of guanidine groups is 1. The van der Waals surface area contributed by atoms with E-state index in [0.29, 0.717) is 0 Å². The topological polar surface area (TPSA) is 36.4 Å². The maximum absolute atomic E-state index is 4.18. The molecule has 0 bridgehead atoms. The molecule has 1 aliphatic rings. The van der Waals surface area contributed by atoms with Gasteiger partial charge < -0.3 is 10.6 Å². The molecular weight excluding hydrogens is 325 g/mol. The zero-order chi connectivity index (χ0) is 11.6. The van der Waals surface area contributed by atoms with Crippen LogP contribution in [0.25, 0.3) is 0 Å². The highest BCUT2D eigenvalue weighted by atomic mass is 127. The number of halogens is 1. The minimum Gasteiger partial charge on any atom is -0.356 e. The Balaban J connectivity index is 0.00000256. The Morgan fingerprint density at radius 3 is 2.65 bits per heavy atom. The van der Waals surface area contributed by atoms with Crippen molar-refractivity contribution in [1.29, 1.82) is 0 Å². The van der Waals surface area contributed by atoms with Crippen LogP contribution >= 0.6 is 24.0 Å². The van der Waals surface area contributed by atoms with Crippen molar-refractivity contribution in [3.8, 4) is 0 Å². The number of aliphatic imine (C=N–C) groups is 1. The average molecular weight is 351 g/mol. The second kappa shape index (κ2) is 10.9. The summed E-state index contributed by atoms with van der Waals surface area (Å²) in [6, 6.07) is 0. The molecule has 0 radical (unpaired) electrons. The molecule has 3 nitrogen and oxygen atoms in total. The van der Waals surface area contributed by atoms with Gasteiger partial charge in [-0.05, 0) is 38.5 Å². The molecule has 0 amide bonds. The van der Waals surface area contributed by atoms with Gasteiger partial charge >= 0.3 is 0 Å². The number of rotatable bonds is 5. The lowest BCUT2D eigenvalue weighted by molar-refractivity contribution is 0.665. The molecule has 100 valence electrons. The van der Waals surface area contributed by atoms with Crippen LogP contribution in [0.5, 0.6) is 0 Å². The second-order valence-electron chi connectivity index (χ2n) is 4.28. The van der Waals surface area contributed by atoms with E-state index in [0.717, 1.165) is 31.9 Å². The molecule has 2 N–H and O–H groups in total. The predicted molar refractivity (Wildman–Crippen MR) is 86.2 cm³/mol. The SMILES string of the molecule is CCCNC(=NC)NCCC1=CCCCC1.I. The third-order valence-electron chi connectivity index (χ3n) is 2.89. The van der Waals surface area contributed by atoms with E-state index in [-0.39, 0.29) is 24.0 Å². The number of nitrogens with zero attached hydrogens (tertiary/aromatic N) is 1. The van der Waals surface area contributed by atoms with Gasteiger partial charge in [0, 0.05) is 20.1 Å². The Kier molecular flexibility index (Phi) is 10.7. The molecule has 4 heteroatoms. The average Bonchev–Trinajstić information content (AvgIpc) is 2.35. The fourth-order valence-electron chi connectivity index (χ4n) is 1.94. The quantitative estimate of drug-likeness (QED) is 0.346. The first kappa shape index (κ1) is 16.7. The highest BCUT2D eigenvalue weighted by Crippen LogP contribution is 2.19. The third kappa shape index (κ3) is 7.63. The lowest BCUT2D eigenvalue weighted by atomic mass is 9.97. The van der Waals surface area contributed by atoms with Gasteiger partial charge in [-0.15, -0.1) is 24.0 Å². The number of allylic oxidation sites excluding steroid dienone is 1. The molecule has 0 aromatic rings. The minimum atomic E-state index is 0. The molecule has 1 rings (SSSR count). The van der Waals surface area contributed by atoms with Gasteiger partial charge in [0.25, 0.3) is 0 Å². The second-order valence-corrected chi connectivity index (χ2v) is 4.28. The monoisotopic (exact) mass is 351 g/mol. The lowest BCUT2D eigenvalue weighted by Gasteiger charge is -2.14. The summed E-state index contributed by atoms with van der Waals surface area (Å²) in [5.41, 5.74) is 1.62. The summed E-state index contributed by atoms with van der Waals surface area (Å²) in [5, 5.41) is 6.63. The molecule has 0 unspecified atom stereocenters. The van der Waals surface area contributed by atoms with Crippen LogP contribution in [0.2, 0.25) is 0 Å². The minimum absolute atomic E-state index is 0. The van der Waals surface area contributed by atoms with E-state index in [4.69, 9.17) is 0 Å². The predicted octanol–water partition coefficient (Wildman–Crippen LogP) is 3.07. The number of hydrogen-bond donors (Lipinski definition) is 2. The molecule has 1 aliphatic carbocycles. The molecule has 17 heavy (non-hydrogen) atoms. The molecule has 0 atom stereocenters. The molecule has 0 heterocycles. The van der Waals surface area contributed by atoms with Crippen LogP contribution in [-0.2, 0) is 0 Å². The van der Waals surface area contributed by atoms with Crippen molar-refractivity contribution < 1.29 is 0 Å². The molecule has 0 aliphatic heterocycles. The van der Waals surface area contributed by atoms with Crippen LogP contribution in [0.3, 0.4) is 0 Å². The van der Waals surface area contributed by atoms with Gasteiger partial charge in [-0.3, -0.25) is 4.99 Å². The van der Waals surface area contributed by atoms with Crippen molar-refractivity contribution in [2.45, 2.75) is 45.4 Å². The van der Waals surface area contributed by atoms with Crippen molar-refractivity contribution >= 4 is 29.9 Å². The van der Waals surface area contributed by atoms with E-state index in [1.807, 2.05) is 7.05 Å². The maximum Gasteiger partial charge on any atom is 0.190 e. The van der Waals surface area contributed by atoms with Crippen LogP contribution in [0.1, 0.15) is 45.4 Å². The van der Waals surface area contributed by atoms with Crippen LogP contribution < -0.4 is 10.6 Å². The Bertz CT molecular complexity index is 249. The van der Waals surface area contributed by atoms with Crippen LogP contribution in [0.4, 0.5) is 0 Å². The Hall–Kier alpha value is -0.260. The molecule has 0 fully saturated rings. The van der Waals surface area contributed by atoms with Gasteiger partial charge in [0.05, 0.1) is 0 Å². The summed E-state index contributed by atoms with van der Waals surface area (Å²) in [6.45, 7) is 4.14. The fraction of sp³-hybridized carbons (Fsp3) is 0.769. The first-order valence-corrected chi connectivity index (χ1v) is 6.49. The fourth-order valence-corrected chi connectivity index (χ4v) is 1.94. The van der Waals surface area contributed by atoms with E-state index >= 15 is 0 Å². The third-order valence-corrected chi connectivity index (χ3v) is 2.89. The first-order chi connectivity index (χ1) is 7.86. The van der Waals surface area contributed by atoms with E-state index < -0.39 is 0 Å². The van der Waals surface area contributed by atoms with Crippen LogP contribution in [0.15, 0.2) is 16.6 Å². The summed E-state index contributed by atoms with van der Waals surface area (Å²) in [6.07, 6.45) is 10.0. The highest BCUT2D eigenvalue weighted by Gasteiger charge is 2.03. The van der Waals surface area contributed by atoms with Crippen LogP contribution in [0, 0.1) is 0 Å². The van der Waals surface area contributed by atoms with Gasteiger partial charge in [-0.2, -0.15) is 0 Å². The normalized spacial score (nSPS) is 15.9. The maximum atomic E-state index is 4.18.